The molecule has 2 aromatic carbocycles. The third-order valence-electron chi connectivity index (χ3n) is 5.61. The van der Waals surface area contributed by atoms with Crippen LogP contribution in [0.3, 0.4) is 0 Å². The molecule has 0 amide bonds. The van der Waals surface area contributed by atoms with Crippen LogP contribution in [0.2, 0.25) is 0 Å². The number of thiazole rings is 1. The van der Waals surface area contributed by atoms with E-state index in [-0.39, 0.29) is 0 Å². The summed E-state index contributed by atoms with van der Waals surface area (Å²) in [4.78, 5) is 6.10. The zero-order valence-corrected chi connectivity index (χ0v) is 19.7. The predicted molar refractivity (Wildman–Crippen MR) is 127 cm³/mol. The van der Waals surface area contributed by atoms with Crippen molar-refractivity contribution in [1.82, 2.24) is 8.87 Å². The van der Waals surface area contributed by atoms with Crippen molar-refractivity contribution in [3.63, 3.8) is 0 Å². The van der Waals surface area contributed by atoms with E-state index in [0.29, 0.717) is 23.9 Å². The van der Waals surface area contributed by atoms with Gasteiger partial charge in [-0.2, -0.15) is 4.31 Å². The monoisotopic (exact) mass is 455 g/mol. The summed E-state index contributed by atoms with van der Waals surface area (Å²) in [5.41, 5.74) is 2.83. The summed E-state index contributed by atoms with van der Waals surface area (Å²) in [6.45, 7) is 6.28. The highest BCUT2D eigenvalue weighted by Crippen LogP contribution is 2.28. The van der Waals surface area contributed by atoms with Crippen molar-refractivity contribution in [1.29, 1.82) is 0 Å². The molecule has 7 heteroatoms. The Balaban J connectivity index is 1.73. The number of rotatable bonds is 6. The predicted octanol–water partition coefficient (Wildman–Crippen LogP) is 5.28. The summed E-state index contributed by atoms with van der Waals surface area (Å²) in [6.07, 6.45) is 2.98. The van der Waals surface area contributed by atoms with Crippen molar-refractivity contribution >= 4 is 27.0 Å². The molecule has 1 atom stereocenters. The molecule has 0 N–H and O–H groups in total. The lowest BCUT2D eigenvalue weighted by atomic mass is 10.0. The van der Waals surface area contributed by atoms with Gasteiger partial charge in [-0.25, -0.2) is 13.4 Å². The van der Waals surface area contributed by atoms with Crippen molar-refractivity contribution in [2.24, 2.45) is 10.9 Å². The third kappa shape index (κ3) is 4.84. The number of para-hydroxylation sites is 1. The first-order valence-corrected chi connectivity index (χ1v) is 13.2. The highest BCUT2D eigenvalue weighted by atomic mass is 32.2. The van der Waals surface area contributed by atoms with Crippen molar-refractivity contribution < 1.29 is 8.42 Å². The fraction of sp³-hybridized carbons (Fsp3) is 0.375. The van der Waals surface area contributed by atoms with Crippen LogP contribution in [0.1, 0.15) is 33.1 Å². The number of hydrogen-bond acceptors (Lipinski definition) is 4. The molecule has 3 aromatic rings. The second-order valence-electron chi connectivity index (χ2n) is 8.14. The van der Waals surface area contributed by atoms with Gasteiger partial charge >= 0.3 is 0 Å². The molecule has 0 saturated carbocycles. The molecule has 0 radical (unpaired) electrons. The summed E-state index contributed by atoms with van der Waals surface area (Å²) in [6, 6.07) is 17.3. The van der Waals surface area contributed by atoms with E-state index in [9.17, 15) is 8.42 Å². The lowest BCUT2D eigenvalue weighted by Gasteiger charge is -2.30. The minimum atomic E-state index is -3.49. The zero-order valence-electron chi connectivity index (χ0n) is 18.1. The second-order valence-corrected chi connectivity index (χ2v) is 10.9. The maximum atomic E-state index is 13.3. The molecule has 1 saturated heterocycles. The average Bonchev–Trinajstić information content (AvgIpc) is 3.17. The van der Waals surface area contributed by atoms with Gasteiger partial charge in [0.25, 0.3) is 0 Å². The number of nitrogens with zero attached hydrogens (tertiary/aromatic N) is 3. The van der Waals surface area contributed by atoms with E-state index >= 15 is 0 Å². The van der Waals surface area contributed by atoms with Crippen molar-refractivity contribution in [3.8, 4) is 11.3 Å². The van der Waals surface area contributed by atoms with Crippen molar-refractivity contribution in [2.75, 3.05) is 13.1 Å². The molecule has 4 rings (SSSR count). The normalized spacial score (nSPS) is 18.4. The molecular weight excluding hydrogens is 426 g/mol. The van der Waals surface area contributed by atoms with Crippen molar-refractivity contribution in [3.05, 3.63) is 64.8 Å². The average molecular weight is 456 g/mol. The molecule has 1 aromatic heterocycles. The van der Waals surface area contributed by atoms with Crippen molar-refractivity contribution in [2.45, 2.75) is 44.6 Å². The molecule has 1 aliphatic heterocycles. The van der Waals surface area contributed by atoms with E-state index in [1.807, 2.05) is 48.5 Å². The van der Waals surface area contributed by atoms with Crippen LogP contribution in [0.4, 0.5) is 5.69 Å². The summed E-state index contributed by atoms with van der Waals surface area (Å²) in [7, 11) is -3.49. The van der Waals surface area contributed by atoms with E-state index in [4.69, 9.17) is 4.99 Å². The van der Waals surface area contributed by atoms with Crippen LogP contribution < -0.4 is 4.80 Å². The highest BCUT2D eigenvalue weighted by Gasteiger charge is 2.29. The molecule has 5 nitrogen and oxygen atoms in total. The Kier molecular flexibility index (Phi) is 6.74. The highest BCUT2D eigenvalue weighted by molar-refractivity contribution is 7.89. The molecule has 164 valence electrons. The third-order valence-corrected chi connectivity index (χ3v) is 8.34. The van der Waals surface area contributed by atoms with Gasteiger partial charge in [0, 0.05) is 30.6 Å². The van der Waals surface area contributed by atoms with Crippen LogP contribution in [0.5, 0.6) is 0 Å². The van der Waals surface area contributed by atoms with Crippen LogP contribution in [-0.4, -0.2) is 30.4 Å². The van der Waals surface area contributed by atoms with Gasteiger partial charge in [0.2, 0.25) is 10.0 Å². The summed E-state index contributed by atoms with van der Waals surface area (Å²) < 4.78 is 30.4. The second kappa shape index (κ2) is 9.51. The van der Waals surface area contributed by atoms with Gasteiger partial charge in [-0.3, -0.25) is 0 Å². The fourth-order valence-corrected chi connectivity index (χ4v) is 6.63. The van der Waals surface area contributed by atoms with E-state index in [2.05, 4.69) is 23.8 Å². The van der Waals surface area contributed by atoms with E-state index in [0.717, 1.165) is 47.6 Å². The van der Waals surface area contributed by atoms with Crippen LogP contribution in [0.15, 0.2) is 69.9 Å². The van der Waals surface area contributed by atoms with Gasteiger partial charge in [0.15, 0.2) is 4.80 Å². The fourth-order valence-electron chi connectivity index (χ4n) is 4.03. The largest absolute Gasteiger partial charge is 0.316 e. The number of hydrogen-bond donors (Lipinski definition) is 0. The molecule has 2 heterocycles. The number of piperidine rings is 1. The molecule has 0 unspecified atom stereocenters. The van der Waals surface area contributed by atoms with Gasteiger partial charge in [-0.05, 0) is 49.4 Å². The summed E-state index contributed by atoms with van der Waals surface area (Å²) in [5.74, 6) is 0.400. The first-order chi connectivity index (χ1) is 15.0. The molecule has 0 bridgehead atoms. The van der Waals surface area contributed by atoms with E-state index < -0.39 is 10.0 Å². The Hall–Kier alpha value is -2.22. The maximum Gasteiger partial charge on any atom is 0.243 e. The lowest BCUT2D eigenvalue weighted by Crippen LogP contribution is -2.39. The van der Waals surface area contributed by atoms with Crippen LogP contribution >= 0.6 is 11.3 Å². The van der Waals surface area contributed by atoms with E-state index in [1.54, 1.807) is 21.7 Å². The topological polar surface area (TPSA) is 54.7 Å². The SMILES string of the molecule is CCCn1c(-c2cccc(S(=O)(=O)N3CCC[C@H](C)C3)c2)csc1=Nc1ccccc1. The molecule has 31 heavy (non-hydrogen) atoms. The number of aromatic nitrogens is 1. The lowest BCUT2D eigenvalue weighted by molar-refractivity contribution is 0.281. The van der Waals surface area contributed by atoms with Crippen LogP contribution in [0, 0.1) is 5.92 Å². The van der Waals surface area contributed by atoms with Gasteiger partial charge in [-0.15, -0.1) is 11.3 Å². The Morgan fingerprint density at radius 3 is 2.68 bits per heavy atom. The van der Waals surface area contributed by atoms with Crippen LogP contribution in [-0.2, 0) is 16.6 Å². The van der Waals surface area contributed by atoms with Gasteiger partial charge < -0.3 is 4.57 Å². The first-order valence-electron chi connectivity index (χ1n) is 10.9. The van der Waals surface area contributed by atoms with Gasteiger partial charge in [-0.1, -0.05) is 44.2 Å². The quantitative estimate of drug-likeness (QED) is 0.508. The number of benzene rings is 2. The molecule has 1 aliphatic rings. The summed E-state index contributed by atoms with van der Waals surface area (Å²) in [5, 5.41) is 2.08. The Morgan fingerprint density at radius 1 is 1.13 bits per heavy atom. The number of sulfonamides is 1. The minimum absolute atomic E-state index is 0.370. The maximum absolute atomic E-state index is 13.3. The molecule has 0 spiro atoms. The standard InChI is InChI=1S/C24H29N3O2S2/c1-3-14-27-23(18-30-24(27)25-21-11-5-4-6-12-21)20-10-7-13-22(16-20)31(28,29)26-15-8-9-19(2)17-26/h4-7,10-13,16,18-19H,3,8-9,14-15,17H2,1-2H3/t19-/m0/s1. The Labute approximate surface area is 188 Å². The molecule has 1 fully saturated rings. The van der Waals surface area contributed by atoms with Gasteiger partial charge in [0.1, 0.15) is 0 Å². The Morgan fingerprint density at radius 2 is 1.94 bits per heavy atom. The minimum Gasteiger partial charge on any atom is -0.316 e. The zero-order chi connectivity index (χ0) is 21.8. The van der Waals surface area contributed by atoms with Crippen LogP contribution in [0.25, 0.3) is 11.3 Å². The van der Waals surface area contributed by atoms with E-state index in [1.165, 1.54) is 0 Å². The summed E-state index contributed by atoms with van der Waals surface area (Å²) >= 11 is 1.58. The first kappa shape index (κ1) is 22.0. The smallest absolute Gasteiger partial charge is 0.243 e. The Bertz CT molecular complexity index is 1200. The molecule has 0 aliphatic carbocycles. The van der Waals surface area contributed by atoms with Gasteiger partial charge in [0.05, 0.1) is 16.3 Å². The molecular formula is C24H29N3O2S2.